The van der Waals surface area contributed by atoms with Crippen molar-refractivity contribution in [1.82, 2.24) is 4.90 Å². The minimum Gasteiger partial charge on any atom is -0.379 e. The van der Waals surface area contributed by atoms with Gasteiger partial charge in [-0.2, -0.15) is 0 Å². The zero-order valence-corrected chi connectivity index (χ0v) is 29.0. The SMILES string of the molecule is C[C@@H](CC[C@H]1O[C@H]2C[C@H]3[C@@H]4CC[C@@H]5C[C@@H](OCc6ccc(Br)cc6)CC[C@]5(C)[C@H]4CC[C@]3(C)[C@H]2[C@@H]1C)CN1CCOCC1. The molecule has 0 spiro atoms. The van der Waals surface area contributed by atoms with Crippen LogP contribution in [0.2, 0.25) is 0 Å². The van der Waals surface area contributed by atoms with E-state index in [9.17, 15) is 0 Å². The van der Waals surface area contributed by atoms with Crippen LogP contribution in [0.15, 0.2) is 28.7 Å². The van der Waals surface area contributed by atoms with Crippen LogP contribution in [0, 0.1) is 52.3 Å². The largest absolute Gasteiger partial charge is 0.379 e. The molecule has 4 saturated carbocycles. The van der Waals surface area contributed by atoms with E-state index in [0.29, 0.717) is 35.1 Å². The van der Waals surface area contributed by atoms with E-state index in [-0.39, 0.29) is 0 Å². The quantitative estimate of drug-likeness (QED) is 0.280. The predicted molar refractivity (Wildman–Crippen MR) is 177 cm³/mol. The standard InChI is InChI=1S/C38H58BrNO3/c1-25(23-40-17-19-41-20-18-40)5-12-34-26(2)36-35(43-34)22-33-31-11-8-28-21-30(42-24-27-6-9-29(39)10-7-27)13-15-37(28,3)32(31)14-16-38(33,36)4/h6-7,9-10,25-26,28,30-36H,5,8,11-24H2,1-4H3/t25-,26+,28+,30-,31+,32-,33-,34+,35-,36-,37-,38-/m0/s1. The molecule has 0 N–H and O–H groups in total. The number of nitrogens with zero attached hydrogens (tertiary/aromatic N) is 1. The Morgan fingerprint density at radius 2 is 1.74 bits per heavy atom. The van der Waals surface area contributed by atoms with Crippen molar-refractivity contribution in [2.45, 2.75) is 117 Å². The second-order valence-corrected chi connectivity index (χ2v) is 17.4. The van der Waals surface area contributed by atoms with Crippen LogP contribution < -0.4 is 0 Å². The molecule has 2 heterocycles. The third kappa shape index (κ3) is 5.94. The van der Waals surface area contributed by atoms with E-state index in [1.165, 1.54) is 76.3 Å². The van der Waals surface area contributed by atoms with Crippen molar-refractivity contribution in [2.75, 3.05) is 32.8 Å². The van der Waals surface area contributed by atoms with Gasteiger partial charge >= 0.3 is 0 Å². The number of rotatable bonds is 8. The van der Waals surface area contributed by atoms with Crippen LogP contribution in [0.4, 0.5) is 0 Å². The van der Waals surface area contributed by atoms with Crippen molar-refractivity contribution in [3.63, 3.8) is 0 Å². The number of halogens is 1. The highest BCUT2D eigenvalue weighted by molar-refractivity contribution is 9.10. The molecule has 0 bridgehead atoms. The molecule has 6 aliphatic rings. The van der Waals surface area contributed by atoms with Gasteiger partial charge in [0, 0.05) is 24.1 Å². The second-order valence-electron chi connectivity index (χ2n) is 16.5. The summed E-state index contributed by atoms with van der Waals surface area (Å²) in [6.45, 7) is 16.4. The summed E-state index contributed by atoms with van der Waals surface area (Å²) in [4.78, 5) is 2.60. The van der Waals surface area contributed by atoms with Gasteiger partial charge in [0.25, 0.3) is 0 Å². The lowest BCUT2D eigenvalue weighted by atomic mass is 9.44. The number of hydrogen-bond donors (Lipinski definition) is 0. The zero-order chi connectivity index (χ0) is 29.8. The number of benzene rings is 1. The van der Waals surface area contributed by atoms with Gasteiger partial charge in [-0.1, -0.05) is 55.8 Å². The predicted octanol–water partition coefficient (Wildman–Crippen LogP) is 8.76. The molecule has 5 heteroatoms. The molecular formula is C38H58BrNO3. The average Bonchev–Trinajstić information content (AvgIpc) is 3.49. The van der Waals surface area contributed by atoms with Crippen molar-refractivity contribution in [3.8, 4) is 0 Å². The number of morpholine rings is 1. The maximum absolute atomic E-state index is 7.04. The van der Waals surface area contributed by atoms with E-state index in [2.05, 4.69) is 72.8 Å². The Labute approximate surface area is 270 Å². The Bertz CT molecular complexity index is 1090. The molecule has 1 aromatic rings. The average molecular weight is 657 g/mol. The van der Waals surface area contributed by atoms with Crippen LogP contribution >= 0.6 is 15.9 Å². The molecule has 4 nitrogen and oxygen atoms in total. The minimum absolute atomic E-state index is 0.431. The van der Waals surface area contributed by atoms with Crippen LogP contribution in [-0.4, -0.2) is 56.1 Å². The van der Waals surface area contributed by atoms with Gasteiger partial charge in [-0.05, 0) is 134 Å². The van der Waals surface area contributed by atoms with E-state index in [4.69, 9.17) is 14.2 Å². The van der Waals surface area contributed by atoms with Crippen LogP contribution in [0.5, 0.6) is 0 Å². The Morgan fingerprint density at radius 1 is 0.977 bits per heavy atom. The molecule has 43 heavy (non-hydrogen) atoms. The van der Waals surface area contributed by atoms with Gasteiger partial charge in [0.05, 0.1) is 38.1 Å². The molecule has 0 unspecified atom stereocenters. The monoisotopic (exact) mass is 655 g/mol. The normalized spacial score (nSPS) is 45.2. The fourth-order valence-electron chi connectivity index (χ4n) is 11.9. The molecule has 2 saturated heterocycles. The highest BCUT2D eigenvalue weighted by Gasteiger charge is 2.65. The number of ether oxygens (including phenoxy) is 3. The molecule has 1 aromatic carbocycles. The van der Waals surface area contributed by atoms with E-state index in [1.807, 2.05) is 0 Å². The van der Waals surface area contributed by atoms with Crippen molar-refractivity contribution in [2.24, 2.45) is 52.3 Å². The highest BCUT2D eigenvalue weighted by Crippen LogP contribution is 2.70. The summed E-state index contributed by atoms with van der Waals surface area (Å²) < 4.78 is 20.3. The van der Waals surface area contributed by atoms with Crippen molar-refractivity contribution in [3.05, 3.63) is 34.3 Å². The third-order valence-electron chi connectivity index (χ3n) is 14.2. The van der Waals surface area contributed by atoms with Gasteiger partial charge in [-0.3, -0.25) is 4.90 Å². The Balaban J connectivity index is 0.942. The smallest absolute Gasteiger partial charge is 0.0720 e. The lowest BCUT2D eigenvalue weighted by Gasteiger charge is -2.61. The summed E-state index contributed by atoms with van der Waals surface area (Å²) in [5, 5.41) is 0. The molecule has 6 fully saturated rings. The fourth-order valence-corrected chi connectivity index (χ4v) is 12.2. The zero-order valence-electron chi connectivity index (χ0n) is 27.4. The summed E-state index contributed by atoms with van der Waals surface area (Å²) in [5.74, 6) is 5.74. The van der Waals surface area contributed by atoms with E-state index in [1.54, 1.807) is 0 Å². The van der Waals surface area contributed by atoms with Crippen molar-refractivity contribution in [1.29, 1.82) is 0 Å². The first-order valence-electron chi connectivity index (χ1n) is 18.1. The minimum atomic E-state index is 0.431. The summed E-state index contributed by atoms with van der Waals surface area (Å²) in [7, 11) is 0. The summed E-state index contributed by atoms with van der Waals surface area (Å²) in [5.41, 5.74) is 2.28. The molecule has 0 radical (unpaired) electrons. The third-order valence-corrected chi connectivity index (χ3v) is 14.8. The number of fused-ring (bicyclic) bond motifs is 7. The second kappa shape index (κ2) is 12.6. The van der Waals surface area contributed by atoms with Gasteiger partial charge < -0.3 is 14.2 Å². The first kappa shape index (κ1) is 31.2. The lowest BCUT2D eigenvalue weighted by Crippen LogP contribution is -2.54. The van der Waals surface area contributed by atoms with Gasteiger partial charge in [-0.25, -0.2) is 0 Å². The van der Waals surface area contributed by atoms with Crippen molar-refractivity contribution >= 4 is 15.9 Å². The maximum Gasteiger partial charge on any atom is 0.0720 e. The fraction of sp³-hybridized carbons (Fsp3) is 0.842. The summed E-state index contributed by atoms with van der Waals surface area (Å²) in [6.07, 6.45) is 14.9. The Kier molecular flexibility index (Phi) is 9.15. The topological polar surface area (TPSA) is 30.9 Å². The van der Waals surface area contributed by atoms with Gasteiger partial charge in [-0.15, -0.1) is 0 Å². The maximum atomic E-state index is 7.04. The molecule has 7 rings (SSSR count). The van der Waals surface area contributed by atoms with Crippen LogP contribution in [0.25, 0.3) is 0 Å². The molecule has 12 atom stereocenters. The Morgan fingerprint density at radius 3 is 2.53 bits per heavy atom. The van der Waals surface area contributed by atoms with Gasteiger partial charge in [0.15, 0.2) is 0 Å². The van der Waals surface area contributed by atoms with E-state index >= 15 is 0 Å². The molecule has 2 aliphatic heterocycles. The van der Waals surface area contributed by atoms with Gasteiger partial charge in [0.2, 0.25) is 0 Å². The van der Waals surface area contributed by atoms with E-state index in [0.717, 1.165) is 72.9 Å². The molecule has 4 aliphatic carbocycles. The van der Waals surface area contributed by atoms with Gasteiger partial charge in [0.1, 0.15) is 0 Å². The van der Waals surface area contributed by atoms with Crippen LogP contribution in [-0.2, 0) is 20.8 Å². The lowest BCUT2D eigenvalue weighted by molar-refractivity contribution is -0.139. The Hall–Kier alpha value is -0.460. The molecule has 240 valence electrons. The van der Waals surface area contributed by atoms with Crippen LogP contribution in [0.1, 0.15) is 97.5 Å². The first-order chi connectivity index (χ1) is 20.7. The van der Waals surface area contributed by atoms with Crippen molar-refractivity contribution < 1.29 is 14.2 Å². The van der Waals surface area contributed by atoms with Crippen LogP contribution in [0.3, 0.4) is 0 Å². The van der Waals surface area contributed by atoms with E-state index < -0.39 is 0 Å². The molecular weight excluding hydrogens is 598 g/mol. The summed E-state index contributed by atoms with van der Waals surface area (Å²) >= 11 is 3.56. The number of hydrogen-bond acceptors (Lipinski definition) is 4. The first-order valence-corrected chi connectivity index (χ1v) is 18.9. The molecule has 0 aromatic heterocycles. The summed E-state index contributed by atoms with van der Waals surface area (Å²) in [6, 6.07) is 8.65. The highest BCUT2D eigenvalue weighted by atomic mass is 79.9. The molecule has 0 amide bonds.